The maximum Gasteiger partial charge on any atom is 0.255 e. The highest BCUT2D eigenvalue weighted by Crippen LogP contribution is 2.28. The summed E-state index contributed by atoms with van der Waals surface area (Å²) in [5.41, 5.74) is 4.36. The Bertz CT molecular complexity index is 989. The van der Waals surface area contributed by atoms with Crippen LogP contribution in [0.15, 0.2) is 52.5 Å². The lowest BCUT2D eigenvalue weighted by Crippen LogP contribution is -2.36. The highest BCUT2D eigenvalue weighted by Gasteiger charge is 2.23. The van der Waals surface area contributed by atoms with E-state index in [1.807, 2.05) is 24.3 Å². The quantitative estimate of drug-likeness (QED) is 0.507. The zero-order chi connectivity index (χ0) is 21.6. The van der Waals surface area contributed by atoms with Gasteiger partial charge in [-0.1, -0.05) is 49.7 Å². The van der Waals surface area contributed by atoms with Gasteiger partial charge in [0.25, 0.3) is 5.91 Å². The Balaban J connectivity index is 1.97. The number of carbonyl (C=O) groups is 1. The van der Waals surface area contributed by atoms with E-state index in [1.54, 1.807) is 0 Å². The third kappa shape index (κ3) is 6.03. The fraction of sp³-hybridized carbons (Fsp3) is 0.300. The molecule has 7 nitrogen and oxygen atoms in total. The molecule has 0 heterocycles. The summed E-state index contributed by atoms with van der Waals surface area (Å²) < 4.78 is 31.2. The van der Waals surface area contributed by atoms with Gasteiger partial charge in [-0.15, -0.1) is 0 Å². The molecule has 2 aromatic carbocycles. The van der Waals surface area contributed by atoms with Crippen molar-refractivity contribution in [2.75, 3.05) is 20.7 Å². The van der Waals surface area contributed by atoms with E-state index in [4.69, 9.17) is 16.3 Å². The molecule has 9 heteroatoms. The number of carbonyl (C=O) groups excluding carboxylic acids is 1. The van der Waals surface area contributed by atoms with Crippen LogP contribution in [0.25, 0.3) is 0 Å². The summed E-state index contributed by atoms with van der Waals surface area (Å²) in [4.78, 5) is 12.0. The number of nitrogens with one attached hydrogen (secondary N) is 1. The molecule has 1 amide bonds. The van der Waals surface area contributed by atoms with Crippen molar-refractivity contribution in [2.24, 2.45) is 5.10 Å². The second-order valence-electron chi connectivity index (χ2n) is 6.67. The van der Waals surface area contributed by atoms with Gasteiger partial charge >= 0.3 is 0 Å². The van der Waals surface area contributed by atoms with Gasteiger partial charge in [0.1, 0.15) is 5.75 Å². The Kier molecular flexibility index (Phi) is 7.78. The number of halogens is 1. The van der Waals surface area contributed by atoms with Crippen LogP contribution in [-0.2, 0) is 14.8 Å². The summed E-state index contributed by atoms with van der Waals surface area (Å²) >= 11 is 5.99. The Labute approximate surface area is 176 Å². The highest BCUT2D eigenvalue weighted by atomic mass is 35.5. The fourth-order valence-electron chi connectivity index (χ4n) is 2.46. The first-order valence-corrected chi connectivity index (χ1v) is 10.7. The average molecular weight is 438 g/mol. The number of ether oxygens (including phenoxy) is 1. The molecule has 0 spiro atoms. The van der Waals surface area contributed by atoms with Gasteiger partial charge < -0.3 is 4.74 Å². The van der Waals surface area contributed by atoms with Gasteiger partial charge in [0.15, 0.2) is 0 Å². The predicted octanol–water partition coefficient (Wildman–Crippen LogP) is 3.24. The minimum atomic E-state index is -3.89. The first-order valence-electron chi connectivity index (χ1n) is 8.87. The molecule has 2 aromatic rings. The number of sulfonamides is 1. The molecule has 0 aliphatic carbocycles. The van der Waals surface area contributed by atoms with Crippen molar-refractivity contribution in [3.63, 3.8) is 0 Å². The number of methoxy groups -OCH3 is 1. The van der Waals surface area contributed by atoms with Crippen molar-refractivity contribution in [1.82, 2.24) is 9.73 Å². The van der Waals surface area contributed by atoms with Gasteiger partial charge in [-0.2, -0.15) is 9.41 Å². The number of hydrazone groups is 1. The minimum absolute atomic E-state index is 0.0349. The monoisotopic (exact) mass is 437 g/mol. The summed E-state index contributed by atoms with van der Waals surface area (Å²) in [5, 5.41) is 4.04. The lowest BCUT2D eigenvalue weighted by molar-refractivity contribution is -0.121. The second kappa shape index (κ2) is 9.87. The third-order valence-electron chi connectivity index (χ3n) is 4.20. The van der Waals surface area contributed by atoms with Gasteiger partial charge in [-0.3, -0.25) is 4.79 Å². The van der Waals surface area contributed by atoms with Gasteiger partial charge in [0.2, 0.25) is 10.0 Å². The molecule has 0 atom stereocenters. The third-order valence-corrected chi connectivity index (χ3v) is 6.30. The Hall–Kier alpha value is -2.42. The van der Waals surface area contributed by atoms with Crippen LogP contribution < -0.4 is 10.2 Å². The Morgan fingerprint density at radius 1 is 1.24 bits per heavy atom. The van der Waals surface area contributed by atoms with E-state index in [1.165, 1.54) is 44.1 Å². The van der Waals surface area contributed by atoms with Crippen molar-refractivity contribution >= 4 is 33.7 Å². The molecule has 0 saturated heterocycles. The number of hydrogen-bond donors (Lipinski definition) is 1. The van der Waals surface area contributed by atoms with Crippen LogP contribution >= 0.6 is 11.6 Å². The van der Waals surface area contributed by atoms with E-state index in [2.05, 4.69) is 24.4 Å². The van der Waals surface area contributed by atoms with Crippen molar-refractivity contribution in [2.45, 2.75) is 24.7 Å². The summed E-state index contributed by atoms with van der Waals surface area (Å²) in [6.07, 6.45) is 1.50. The van der Waals surface area contributed by atoms with Crippen LogP contribution in [-0.4, -0.2) is 45.5 Å². The van der Waals surface area contributed by atoms with Gasteiger partial charge in [0, 0.05) is 7.05 Å². The van der Waals surface area contributed by atoms with E-state index in [0.717, 1.165) is 9.87 Å². The maximum atomic E-state index is 12.6. The van der Waals surface area contributed by atoms with Gasteiger partial charge in [-0.25, -0.2) is 13.8 Å². The predicted molar refractivity (Wildman–Crippen MR) is 114 cm³/mol. The zero-order valence-corrected chi connectivity index (χ0v) is 18.3. The molecule has 0 saturated carbocycles. The highest BCUT2D eigenvalue weighted by molar-refractivity contribution is 7.89. The SMILES string of the molecule is COc1ccc(S(=O)(=O)N(C)CC(=O)N/N=C/c2ccc(C(C)C)cc2)cc1Cl. The van der Waals surface area contributed by atoms with Gasteiger partial charge in [-0.05, 0) is 35.2 Å². The number of rotatable bonds is 8. The summed E-state index contributed by atoms with van der Waals surface area (Å²) in [6, 6.07) is 11.9. The Morgan fingerprint density at radius 2 is 1.90 bits per heavy atom. The Morgan fingerprint density at radius 3 is 2.45 bits per heavy atom. The molecule has 0 radical (unpaired) electrons. The van der Waals surface area contributed by atoms with E-state index in [0.29, 0.717) is 11.7 Å². The van der Waals surface area contributed by atoms with Crippen LogP contribution in [0.4, 0.5) is 0 Å². The number of nitrogens with zero attached hydrogens (tertiary/aromatic N) is 2. The molecule has 0 aliphatic heterocycles. The average Bonchev–Trinajstić information content (AvgIpc) is 2.68. The van der Waals surface area contributed by atoms with Crippen LogP contribution in [0, 0.1) is 0 Å². The number of likely N-dealkylation sites (N-methyl/N-ethyl adjacent to an activating group) is 1. The molecule has 2 rings (SSSR count). The summed E-state index contributed by atoms with van der Waals surface area (Å²) in [7, 11) is -1.15. The van der Waals surface area contributed by atoms with Crippen LogP contribution in [0.5, 0.6) is 5.75 Å². The zero-order valence-electron chi connectivity index (χ0n) is 16.7. The molecule has 1 N–H and O–H groups in total. The van der Waals surface area contributed by atoms with E-state index >= 15 is 0 Å². The summed E-state index contributed by atoms with van der Waals surface area (Å²) in [5.74, 6) is 0.228. The van der Waals surface area contributed by atoms with E-state index in [9.17, 15) is 13.2 Å². The van der Waals surface area contributed by atoms with Crippen LogP contribution in [0.2, 0.25) is 5.02 Å². The smallest absolute Gasteiger partial charge is 0.255 e. The molecule has 0 fully saturated rings. The van der Waals surface area contributed by atoms with Gasteiger partial charge in [0.05, 0.1) is 29.8 Å². The van der Waals surface area contributed by atoms with Crippen molar-refractivity contribution in [1.29, 1.82) is 0 Å². The number of hydrogen-bond acceptors (Lipinski definition) is 5. The molecule has 29 heavy (non-hydrogen) atoms. The van der Waals surface area contributed by atoms with Crippen molar-refractivity contribution < 1.29 is 17.9 Å². The standard InChI is InChI=1S/C20H24ClN3O4S/c1-14(2)16-7-5-15(6-8-16)12-22-23-20(25)13-24(3)29(26,27)17-9-10-19(28-4)18(21)11-17/h5-12,14H,13H2,1-4H3,(H,23,25)/b22-12+. The largest absolute Gasteiger partial charge is 0.495 e. The van der Waals surface area contributed by atoms with E-state index < -0.39 is 22.5 Å². The molecule has 0 aromatic heterocycles. The molecular weight excluding hydrogens is 414 g/mol. The maximum absolute atomic E-state index is 12.6. The first-order chi connectivity index (χ1) is 13.6. The fourth-order valence-corrected chi connectivity index (χ4v) is 3.93. The molecule has 0 bridgehead atoms. The van der Waals surface area contributed by atoms with Crippen molar-refractivity contribution in [3.05, 3.63) is 58.6 Å². The first kappa shape index (κ1) is 22.9. The minimum Gasteiger partial charge on any atom is -0.495 e. The molecular formula is C20H24ClN3O4S. The normalized spacial score (nSPS) is 12.0. The topological polar surface area (TPSA) is 88.1 Å². The number of amides is 1. The van der Waals surface area contributed by atoms with E-state index in [-0.39, 0.29) is 9.92 Å². The molecule has 0 unspecified atom stereocenters. The molecule has 156 valence electrons. The van der Waals surface area contributed by atoms with Crippen LogP contribution in [0.1, 0.15) is 30.9 Å². The van der Waals surface area contributed by atoms with Crippen molar-refractivity contribution in [3.8, 4) is 5.75 Å². The summed E-state index contributed by atoms with van der Waals surface area (Å²) in [6.45, 7) is 3.82. The van der Waals surface area contributed by atoms with Crippen LogP contribution in [0.3, 0.4) is 0 Å². The lowest BCUT2D eigenvalue weighted by Gasteiger charge is -2.16. The second-order valence-corrected chi connectivity index (χ2v) is 9.12. The number of benzene rings is 2. The molecule has 0 aliphatic rings. The lowest BCUT2D eigenvalue weighted by atomic mass is 10.0.